The Balaban J connectivity index is 2.67. The summed E-state index contributed by atoms with van der Waals surface area (Å²) in [6, 6.07) is 5.99. The van der Waals surface area contributed by atoms with Gasteiger partial charge in [-0.15, -0.1) is 0 Å². The fourth-order valence-electron chi connectivity index (χ4n) is 1.23. The van der Waals surface area contributed by atoms with Gasteiger partial charge in [-0.2, -0.15) is 8.42 Å². The van der Waals surface area contributed by atoms with E-state index in [1.54, 1.807) is 12.1 Å². The maximum Gasteiger partial charge on any atom is 0.296 e. The molecule has 8 nitrogen and oxygen atoms in total. The number of hydrogen-bond acceptors (Lipinski definition) is 4. The molecule has 0 aliphatic carbocycles. The van der Waals surface area contributed by atoms with Gasteiger partial charge in [0.15, 0.2) is 0 Å². The minimum Gasteiger partial charge on any atom is -0.347 e. The first-order valence-electron chi connectivity index (χ1n) is 5.21. The predicted octanol–water partition coefficient (Wildman–Crippen LogP) is -0.623. The lowest BCUT2D eigenvalue weighted by molar-refractivity contribution is -0.122. The van der Waals surface area contributed by atoms with Crippen molar-refractivity contribution in [3.8, 4) is 0 Å². The van der Waals surface area contributed by atoms with Crippen LogP contribution in [0.1, 0.15) is 6.92 Å². The van der Waals surface area contributed by atoms with Crippen LogP contribution in [0.5, 0.6) is 0 Å². The van der Waals surface area contributed by atoms with Crippen molar-refractivity contribution in [3.63, 3.8) is 0 Å². The van der Waals surface area contributed by atoms with Crippen LogP contribution in [0.25, 0.3) is 0 Å². The van der Waals surface area contributed by atoms with E-state index in [-0.39, 0.29) is 18.1 Å². The van der Waals surface area contributed by atoms with Crippen LogP contribution in [0, 0.1) is 0 Å². The highest BCUT2D eigenvalue weighted by molar-refractivity contribution is 7.90. The number of carbonyl (C=O) groups excluding carboxylic acids is 2. The van der Waals surface area contributed by atoms with Crippen LogP contribution >= 0.6 is 0 Å². The van der Waals surface area contributed by atoms with Crippen LogP contribution in [0.4, 0.5) is 11.4 Å². The molecule has 0 unspecified atom stereocenters. The lowest BCUT2D eigenvalue weighted by Gasteiger charge is -2.08. The second kappa shape index (κ2) is 6.16. The summed E-state index contributed by atoms with van der Waals surface area (Å²) in [5.74, 6) is -0.747. The minimum atomic E-state index is -3.86. The van der Waals surface area contributed by atoms with E-state index in [9.17, 15) is 18.0 Å². The zero-order chi connectivity index (χ0) is 14.5. The Morgan fingerprint density at radius 1 is 1.26 bits per heavy atom. The monoisotopic (exact) mass is 286 g/mol. The number of nitrogens with one attached hydrogen (secondary N) is 3. The number of nitrogens with two attached hydrogens (primary N) is 1. The third kappa shape index (κ3) is 6.38. The van der Waals surface area contributed by atoms with Crippen LogP contribution < -0.4 is 20.5 Å². The Hall–Kier alpha value is -2.13. The van der Waals surface area contributed by atoms with Gasteiger partial charge >= 0.3 is 0 Å². The van der Waals surface area contributed by atoms with E-state index in [0.29, 0.717) is 5.69 Å². The van der Waals surface area contributed by atoms with Gasteiger partial charge in [-0.1, -0.05) is 6.07 Å². The molecule has 0 aromatic heterocycles. The Morgan fingerprint density at radius 3 is 2.47 bits per heavy atom. The molecule has 0 spiro atoms. The van der Waals surface area contributed by atoms with Crippen molar-refractivity contribution in [2.45, 2.75) is 6.92 Å². The number of amides is 2. The highest BCUT2D eigenvalue weighted by Crippen LogP contribution is 2.15. The maximum atomic E-state index is 11.4. The first kappa shape index (κ1) is 14.9. The van der Waals surface area contributed by atoms with Gasteiger partial charge in [-0.3, -0.25) is 14.3 Å². The lowest BCUT2D eigenvalue weighted by Crippen LogP contribution is -2.31. The van der Waals surface area contributed by atoms with Crippen LogP contribution in [0.2, 0.25) is 0 Å². The summed E-state index contributed by atoms with van der Waals surface area (Å²) in [7, 11) is -3.86. The topological polar surface area (TPSA) is 130 Å². The normalized spacial score (nSPS) is 10.6. The first-order chi connectivity index (χ1) is 8.76. The number of hydrogen-bond donors (Lipinski definition) is 4. The predicted molar refractivity (Wildman–Crippen MR) is 70.5 cm³/mol. The quantitative estimate of drug-likeness (QED) is 0.574. The van der Waals surface area contributed by atoms with Crippen molar-refractivity contribution in [2.24, 2.45) is 5.14 Å². The molecular formula is C10H14N4O4S. The molecule has 0 saturated carbocycles. The van der Waals surface area contributed by atoms with Crippen molar-refractivity contribution in [2.75, 3.05) is 16.6 Å². The molecule has 0 aliphatic heterocycles. The van der Waals surface area contributed by atoms with E-state index < -0.39 is 16.1 Å². The zero-order valence-electron chi connectivity index (χ0n) is 10.1. The van der Waals surface area contributed by atoms with Gasteiger partial charge in [-0.05, 0) is 18.2 Å². The third-order valence-corrected chi connectivity index (χ3v) is 2.42. The van der Waals surface area contributed by atoms with Gasteiger partial charge < -0.3 is 10.6 Å². The average molecular weight is 286 g/mol. The largest absolute Gasteiger partial charge is 0.347 e. The van der Waals surface area contributed by atoms with Gasteiger partial charge in [0.05, 0.1) is 12.2 Å². The van der Waals surface area contributed by atoms with Crippen LogP contribution in [0.3, 0.4) is 0 Å². The zero-order valence-corrected chi connectivity index (χ0v) is 11.0. The fraction of sp³-hybridized carbons (Fsp3) is 0.200. The molecule has 0 radical (unpaired) electrons. The van der Waals surface area contributed by atoms with E-state index >= 15 is 0 Å². The molecule has 1 aromatic carbocycles. The van der Waals surface area contributed by atoms with Crippen molar-refractivity contribution in [1.82, 2.24) is 5.32 Å². The summed E-state index contributed by atoms with van der Waals surface area (Å²) in [5, 5.41) is 9.66. The van der Waals surface area contributed by atoms with Gasteiger partial charge in [0.2, 0.25) is 11.8 Å². The third-order valence-electron chi connectivity index (χ3n) is 1.90. The van der Waals surface area contributed by atoms with Crippen LogP contribution in [-0.4, -0.2) is 26.8 Å². The number of rotatable bonds is 5. The molecule has 0 aliphatic rings. The van der Waals surface area contributed by atoms with Crippen LogP contribution in [-0.2, 0) is 19.8 Å². The fourth-order valence-corrected chi connectivity index (χ4v) is 1.69. The molecule has 9 heteroatoms. The van der Waals surface area contributed by atoms with Gasteiger partial charge in [-0.25, -0.2) is 5.14 Å². The van der Waals surface area contributed by atoms with Gasteiger partial charge in [0.1, 0.15) is 0 Å². The minimum absolute atomic E-state index is 0.165. The number of benzene rings is 1. The van der Waals surface area contributed by atoms with Gasteiger partial charge in [0.25, 0.3) is 10.2 Å². The molecule has 5 N–H and O–H groups in total. The Morgan fingerprint density at radius 2 is 1.89 bits per heavy atom. The summed E-state index contributed by atoms with van der Waals surface area (Å²) in [6.07, 6.45) is 0. The molecule has 1 rings (SSSR count). The molecule has 104 valence electrons. The van der Waals surface area contributed by atoms with E-state index in [0.717, 1.165) is 0 Å². The summed E-state index contributed by atoms with van der Waals surface area (Å²) in [4.78, 5) is 22.1. The molecule has 2 amide bonds. The second-order valence-corrected chi connectivity index (χ2v) is 4.98. The summed E-state index contributed by atoms with van der Waals surface area (Å²) < 4.78 is 23.8. The highest BCUT2D eigenvalue weighted by atomic mass is 32.2. The molecule has 0 atom stereocenters. The smallest absolute Gasteiger partial charge is 0.296 e. The molecule has 1 aromatic rings. The maximum absolute atomic E-state index is 11.4. The summed E-state index contributed by atoms with van der Waals surface area (Å²) >= 11 is 0. The lowest BCUT2D eigenvalue weighted by atomic mass is 10.3. The second-order valence-electron chi connectivity index (χ2n) is 3.69. The van der Waals surface area contributed by atoms with Crippen molar-refractivity contribution >= 4 is 33.4 Å². The van der Waals surface area contributed by atoms with Crippen molar-refractivity contribution in [1.29, 1.82) is 0 Å². The molecule has 0 fully saturated rings. The standard InChI is InChI=1S/C10H14N4O4S/c1-7(15)12-6-10(16)13-8-3-2-4-9(5-8)14-19(11,17)18/h2-5,14H,6H2,1H3,(H,12,15)(H,13,16)(H2,11,17,18). The first-order valence-corrected chi connectivity index (χ1v) is 6.76. The number of anilines is 2. The van der Waals surface area contributed by atoms with Gasteiger partial charge in [0, 0.05) is 12.6 Å². The SMILES string of the molecule is CC(=O)NCC(=O)Nc1cccc(NS(N)(=O)=O)c1. The molecule has 0 bridgehead atoms. The van der Waals surface area contributed by atoms with E-state index in [2.05, 4.69) is 15.4 Å². The summed E-state index contributed by atoms with van der Waals surface area (Å²) in [6.45, 7) is 1.13. The molecule has 0 heterocycles. The van der Waals surface area contributed by atoms with Crippen LogP contribution in [0.15, 0.2) is 24.3 Å². The van der Waals surface area contributed by atoms with Crippen molar-refractivity contribution in [3.05, 3.63) is 24.3 Å². The Bertz CT molecular complexity index is 585. The average Bonchev–Trinajstić information content (AvgIpc) is 2.24. The van der Waals surface area contributed by atoms with E-state index in [4.69, 9.17) is 5.14 Å². The molecule has 0 saturated heterocycles. The van der Waals surface area contributed by atoms with E-state index in [1.807, 2.05) is 0 Å². The molecular weight excluding hydrogens is 272 g/mol. The van der Waals surface area contributed by atoms with Crippen molar-refractivity contribution < 1.29 is 18.0 Å². The summed E-state index contributed by atoms with van der Waals surface area (Å²) in [5.41, 5.74) is 0.601. The van der Waals surface area contributed by atoms with E-state index in [1.165, 1.54) is 19.1 Å². The highest BCUT2D eigenvalue weighted by Gasteiger charge is 2.05. The Labute approximate surface area is 110 Å². The Kier molecular flexibility index (Phi) is 4.84. The molecule has 19 heavy (non-hydrogen) atoms. The number of carbonyl (C=O) groups is 2.